The fraction of sp³-hybridized carbons (Fsp3) is 0.529. The highest BCUT2D eigenvalue weighted by Crippen LogP contribution is 2.36. The number of hydrogen-bond donors (Lipinski definition) is 1. The van der Waals surface area contributed by atoms with Gasteiger partial charge >= 0.3 is 0 Å². The molecule has 2 heterocycles. The van der Waals surface area contributed by atoms with Crippen molar-refractivity contribution in [3.05, 3.63) is 45.9 Å². The Labute approximate surface area is 146 Å². The molecular weight excluding hydrogens is 320 g/mol. The van der Waals surface area contributed by atoms with E-state index in [-0.39, 0.29) is 17.5 Å². The Balaban J connectivity index is 1.57. The number of amides is 1. The zero-order valence-electron chi connectivity index (χ0n) is 15.1. The minimum atomic E-state index is -0.201. The van der Waals surface area contributed by atoms with Gasteiger partial charge < -0.3 is 19.4 Å². The highest BCUT2D eigenvalue weighted by Gasteiger charge is 2.35. The Bertz CT molecular complexity index is 832. The molecule has 2 aromatic heterocycles. The van der Waals surface area contributed by atoms with Crippen LogP contribution in [-0.4, -0.2) is 50.3 Å². The van der Waals surface area contributed by atoms with Gasteiger partial charge in [-0.25, -0.2) is 0 Å². The highest BCUT2D eigenvalue weighted by atomic mass is 16.2. The molecule has 1 amide bonds. The van der Waals surface area contributed by atoms with Gasteiger partial charge in [-0.05, 0) is 33.0 Å². The van der Waals surface area contributed by atoms with Crippen molar-refractivity contribution in [2.24, 2.45) is 14.1 Å². The lowest BCUT2D eigenvalue weighted by atomic mass is 9.79. The van der Waals surface area contributed by atoms with Crippen LogP contribution in [0.25, 0.3) is 0 Å². The van der Waals surface area contributed by atoms with Gasteiger partial charge in [-0.1, -0.05) is 0 Å². The van der Waals surface area contributed by atoms with Gasteiger partial charge in [0.05, 0.1) is 6.54 Å². The molecule has 1 N–H and O–H groups in total. The van der Waals surface area contributed by atoms with Gasteiger partial charge in [0, 0.05) is 43.9 Å². The van der Waals surface area contributed by atoms with Gasteiger partial charge in [0.1, 0.15) is 11.6 Å². The molecule has 0 atom stereocenters. The summed E-state index contributed by atoms with van der Waals surface area (Å²) in [5.41, 5.74) is 0.213. The fourth-order valence-electron chi connectivity index (χ4n) is 3.06. The molecular formula is C17H24N6O2. The van der Waals surface area contributed by atoms with Crippen molar-refractivity contribution in [2.75, 3.05) is 14.1 Å². The third-order valence-corrected chi connectivity index (χ3v) is 4.66. The average molecular weight is 344 g/mol. The molecule has 0 unspecified atom stereocenters. The van der Waals surface area contributed by atoms with Crippen molar-refractivity contribution in [3.63, 3.8) is 0 Å². The fourth-order valence-corrected chi connectivity index (χ4v) is 3.06. The molecule has 0 aliphatic heterocycles. The van der Waals surface area contributed by atoms with Crippen LogP contribution in [0.4, 0.5) is 0 Å². The molecule has 0 bridgehead atoms. The van der Waals surface area contributed by atoms with Crippen molar-refractivity contribution in [3.8, 4) is 0 Å². The van der Waals surface area contributed by atoms with Gasteiger partial charge in [-0.2, -0.15) is 0 Å². The molecule has 1 aliphatic carbocycles. The number of rotatable bonds is 5. The predicted molar refractivity (Wildman–Crippen MR) is 93.3 cm³/mol. The zero-order valence-corrected chi connectivity index (χ0v) is 15.1. The largest absolute Gasteiger partial charge is 0.349 e. The second kappa shape index (κ2) is 6.79. The molecule has 1 saturated carbocycles. The Morgan fingerprint density at radius 1 is 1.32 bits per heavy atom. The molecule has 3 rings (SSSR count). The second-order valence-corrected chi connectivity index (χ2v) is 6.97. The summed E-state index contributed by atoms with van der Waals surface area (Å²) in [6.45, 7) is 0.749. The lowest BCUT2D eigenvalue weighted by Crippen LogP contribution is -2.44. The van der Waals surface area contributed by atoms with Crippen molar-refractivity contribution in [2.45, 2.75) is 31.3 Å². The Morgan fingerprint density at radius 2 is 2.04 bits per heavy atom. The van der Waals surface area contributed by atoms with Gasteiger partial charge in [0.25, 0.3) is 11.5 Å². The predicted octanol–water partition coefficient (Wildman–Crippen LogP) is 0.251. The summed E-state index contributed by atoms with van der Waals surface area (Å²) in [7, 11) is 7.64. The molecule has 0 aromatic carbocycles. The van der Waals surface area contributed by atoms with Crippen molar-refractivity contribution >= 4 is 5.91 Å². The zero-order chi connectivity index (χ0) is 18.1. The van der Waals surface area contributed by atoms with E-state index in [2.05, 4.69) is 20.4 Å². The number of aromatic nitrogens is 4. The minimum absolute atomic E-state index is 0.107. The quantitative estimate of drug-likeness (QED) is 0.840. The molecule has 8 heteroatoms. The van der Waals surface area contributed by atoms with Crippen LogP contribution in [0.15, 0.2) is 23.1 Å². The van der Waals surface area contributed by atoms with E-state index in [0.29, 0.717) is 11.5 Å². The van der Waals surface area contributed by atoms with E-state index in [9.17, 15) is 9.59 Å². The number of aryl methyl sites for hydroxylation is 1. The van der Waals surface area contributed by atoms with Crippen LogP contribution in [0, 0.1) is 0 Å². The van der Waals surface area contributed by atoms with Gasteiger partial charge in [0.15, 0.2) is 0 Å². The SMILES string of the molecule is CN(C)Cc1nnc(C2CC(NC(=O)c3ccn(C)c(=O)c3)C2)n1C. The second-order valence-electron chi connectivity index (χ2n) is 6.97. The van der Waals surface area contributed by atoms with Gasteiger partial charge in [0.2, 0.25) is 0 Å². The third kappa shape index (κ3) is 3.63. The van der Waals surface area contributed by atoms with Crippen molar-refractivity contribution in [1.82, 2.24) is 29.5 Å². The molecule has 0 saturated heterocycles. The number of carbonyl (C=O) groups excluding carboxylic acids is 1. The summed E-state index contributed by atoms with van der Waals surface area (Å²) < 4.78 is 3.49. The van der Waals surface area contributed by atoms with Crippen LogP contribution < -0.4 is 10.9 Å². The first-order chi connectivity index (χ1) is 11.8. The first kappa shape index (κ1) is 17.3. The monoisotopic (exact) mass is 344 g/mol. The molecule has 8 nitrogen and oxygen atoms in total. The lowest BCUT2D eigenvalue weighted by molar-refractivity contribution is 0.0906. The highest BCUT2D eigenvalue weighted by molar-refractivity contribution is 5.94. The molecule has 1 aliphatic rings. The summed E-state index contributed by atoms with van der Waals surface area (Å²) in [5.74, 6) is 2.01. The third-order valence-electron chi connectivity index (χ3n) is 4.66. The minimum Gasteiger partial charge on any atom is -0.349 e. The summed E-state index contributed by atoms with van der Waals surface area (Å²) in [6.07, 6.45) is 3.28. The van der Waals surface area contributed by atoms with Crippen LogP contribution in [0.1, 0.15) is 40.8 Å². The lowest BCUT2D eigenvalue weighted by Gasteiger charge is -2.35. The number of carbonyl (C=O) groups is 1. The van der Waals surface area contributed by atoms with E-state index in [1.807, 2.05) is 25.7 Å². The van der Waals surface area contributed by atoms with Crippen molar-refractivity contribution in [1.29, 1.82) is 0 Å². The van der Waals surface area contributed by atoms with E-state index in [0.717, 1.165) is 31.0 Å². The van der Waals surface area contributed by atoms with Gasteiger partial charge in [-0.3, -0.25) is 9.59 Å². The smallest absolute Gasteiger partial charge is 0.251 e. The summed E-state index contributed by atoms with van der Waals surface area (Å²) in [4.78, 5) is 25.9. The summed E-state index contributed by atoms with van der Waals surface area (Å²) in [6, 6.07) is 3.13. The molecule has 0 radical (unpaired) electrons. The topological polar surface area (TPSA) is 85.1 Å². The molecule has 25 heavy (non-hydrogen) atoms. The Kier molecular flexibility index (Phi) is 4.71. The first-order valence-electron chi connectivity index (χ1n) is 8.35. The molecule has 1 fully saturated rings. The maximum absolute atomic E-state index is 12.2. The maximum Gasteiger partial charge on any atom is 0.251 e. The maximum atomic E-state index is 12.2. The van der Waals surface area contributed by atoms with E-state index in [1.165, 1.54) is 10.6 Å². The van der Waals surface area contributed by atoms with Crippen LogP contribution >= 0.6 is 0 Å². The first-order valence-corrected chi connectivity index (χ1v) is 8.35. The van der Waals surface area contributed by atoms with Crippen LogP contribution in [-0.2, 0) is 20.6 Å². The van der Waals surface area contributed by atoms with E-state index < -0.39 is 0 Å². The number of pyridine rings is 1. The Hall–Kier alpha value is -2.48. The molecule has 2 aromatic rings. The van der Waals surface area contributed by atoms with E-state index in [1.54, 1.807) is 19.3 Å². The van der Waals surface area contributed by atoms with E-state index >= 15 is 0 Å². The average Bonchev–Trinajstić information content (AvgIpc) is 2.85. The summed E-state index contributed by atoms with van der Waals surface area (Å²) >= 11 is 0. The normalized spacial score (nSPS) is 19.7. The summed E-state index contributed by atoms with van der Waals surface area (Å²) in [5, 5.41) is 11.6. The van der Waals surface area contributed by atoms with Crippen LogP contribution in [0.5, 0.6) is 0 Å². The van der Waals surface area contributed by atoms with E-state index in [4.69, 9.17) is 0 Å². The number of hydrogen-bond acceptors (Lipinski definition) is 5. The van der Waals surface area contributed by atoms with Crippen molar-refractivity contribution < 1.29 is 4.79 Å². The number of nitrogens with one attached hydrogen (secondary N) is 1. The molecule has 134 valence electrons. The number of nitrogens with zero attached hydrogens (tertiary/aromatic N) is 5. The standard InChI is InChI=1S/C17H24N6O2/c1-21(2)10-14-19-20-16(23(14)4)12-7-13(8-12)18-17(25)11-5-6-22(3)15(24)9-11/h5-6,9,12-13H,7-8,10H2,1-4H3,(H,18,25). The van der Waals surface area contributed by atoms with Gasteiger partial charge in [-0.15, -0.1) is 10.2 Å². The Morgan fingerprint density at radius 3 is 2.68 bits per heavy atom. The van der Waals surface area contributed by atoms with Crippen LogP contribution in [0.3, 0.4) is 0 Å². The molecule has 0 spiro atoms. The van der Waals surface area contributed by atoms with Crippen LogP contribution in [0.2, 0.25) is 0 Å².